The van der Waals surface area contributed by atoms with E-state index in [0.717, 1.165) is 12.8 Å². The molecule has 57 nitrogen and oxygen atoms in total. The van der Waals surface area contributed by atoms with Crippen LogP contribution in [0.2, 0.25) is 0 Å². The van der Waals surface area contributed by atoms with Gasteiger partial charge >= 0.3 is 77.2 Å². The molecule has 148 heavy (non-hydrogen) atoms. The van der Waals surface area contributed by atoms with Crippen molar-refractivity contribution in [1.29, 1.82) is 5.26 Å². The molecule has 0 aromatic carbocycles. The maximum Gasteiger partial charge on any atom is 0.475 e. The number of unbranched alkanes of at least 4 members (excludes halogenated alkanes) is 1. The van der Waals surface area contributed by atoms with Crippen molar-refractivity contribution in [2.75, 3.05) is 72.0 Å². The Balaban J connectivity index is 0.000000815. The number of nitrogens with two attached hydrogens (primary N) is 8. The number of likely N-dealkylation sites (tertiary alicyclic amines) is 11. The molecule has 0 bridgehead atoms. The van der Waals surface area contributed by atoms with Gasteiger partial charge in [-0.3, -0.25) is 62.3 Å². The molecule has 0 aromatic heterocycles. The lowest BCUT2D eigenvalue weighted by atomic mass is 9.76. The molecule has 11 aliphatic heterocycles. The summed E-state index contributed by atoms with van der Waals surface area (Å²) < 4.78 is 0. The Morgan fingerprint density at radius 2 is 0.622 bits per heavy atom. The maximum absolute atomic E-state index is 12.1. The Morgan fingerprint density at radius 1 is 0.365 bits per heavy atom. The molecule has 22 atom stereocenters. The Labute approximate surface area is 867 Å². The van der Waals surface area contributed by atoms with Crippen LogP contribution in [0.15, 0.2) is 0 Å². The highest BCUT2D eigenvalue weighted by atomic mass is 16.4. The van der Waals surface area contributed by atoms with Crippen molar-refractivity contribution in [1.82, 2.24) is 59.2 Å². The van der Waals surface area contributed by atoms with E-state index < -0.39 is 194 Å². The second-order valence-corrected chi connectivity index (χ2v) is 40.3. The maximum atomic E-state index is 12.1. The Morgan fingerprint density at radius 3 is 0.865 bits per heavy atom. The van der Waals surface area contributed by atoms with Gasteiger partial charge in [0.05, 0.1) is 112 Å². The lowest BCUT2D eigenvalue weighted by molar-refractivity contribution is -0.401. The zero-order valence-corrected chi connectivity index (χ0v) is 88.4. The highest BCUT2D eigenvalue weighted by Crippen LogP contribution is 2.32. The first-order valence-electron chi connectivity index (χ1n) is 49.7. The molecule has 11 saturated heterocycles. The number of hydrogen-bond acceptors (Lipinski definition) is 42. The van der Waals surface area contributed by atoms with Gasteiger partial charge in [0.25, 0.3) is 11.8 Å². The molecule has 0 aliphatic carbocycles. The van der Waals surface area contributed by atoms with Gasteiger partial charge < -0.3 is 222 Å². The zero-order valence-electron chi connectivity index (χ0n) is 88.4. The monoisotopic (exact) mass is 2120 g/mol. The summed E-state index contributed by atoms with van der Waals surface area (Å²) in [5, 5.41) is 198. The van der Waals surface area contributed by atoms with Crippen molar-refractivity contribution in [2.24, 2.45) is 45.9 Å². The van der Waals surface area contributed by atoms with Crippen LogP contribution in [-0.2, 0) is 62.3 Å². The van der Waals surface area contributed by atoms with Gasteiger partial charge in [0, 0.05) is 91.8 Å². The average Bonchev–Trinajstić information content (AvgIpc) is 1.64. The van der Waals surface area contributed by atoms with Gasteiger partial charge in [0.1, 0.15) is 17.6 Å². The van der Waals surface area contributed by atoms with Crippen molar-refractivity contribution >= 4 is 148 Å². The highest BCUT2D eigenvalue weighted by Gasteiger charge is 2.53. The summed E-state index contributed by atoms with van der Waals surface area (Å²) >= 11 is 0. The predicted molar refractivity (Wildman–Crippen MR) is 543 cm³/mol. The molecular weight excluding hydrogens is 1950 g/mol. The molecule has 12 amide bonds. The van der Waals surface area contributed by atoms with Crippen LogP contribution in [0.1, 0.15) is 227 Å². The number of nitriles is 1. The first-order chi connectivity index (χ1) is 67.9. The van der Waals surface area contributed by atoms with Gasteiger partial charge in [-0.05, 0) is 167 Å². The summed E-state index contributed by atoms with van der Waals surface area (Å²) in [5.41, 5.74) is 47.5. The van der Waals surface area contributed by atoms with E-state index in [-0.39, 0.29) is 102 Å². The lowest BCUT2D eigenvalue weighted by Crippen LogP contribution is -2.65. The summed E-state index contributed by atoms with van der Waals surface area (Å²) in [6.45, 7) is 33.4. The van der Waals surface area contributed by atoms with Crippen molar-refractivity contribution in [3.63, 3.8) is 0 Å². The average molecular weight is 2120 g/mol. The van der Waals surface area contributed by atoms with Crippen LogP contribution in [0.25, 0.3) is 0 Å². The van der Waals surface area contributed by atoms with E-state index in [2.05, 4.69) is 23.7 Å². The van der Waals surface area contributed by atoms with Gasteiger partial charge in [-0.25, -0.2) is 0 Å². The van der Waals surface area contributed by atoms with E-state index in [9.17, 15) is 62.3 Å². The molecule has 11 heterocycles. The molecule has 11 aliphatic rings. The third-order valence-electron chi connectivity index (χ3n) is 28.4. The van der Waals surface area contributed by atoms with Crippen LogP contribution in [0.5, 0.6) is 0 Å². The SMILES string of the molecule is CC(=O)NC1CCN([C@@H](C)B(O)O)C1=O.CC(B(O)O)N1CCC(C)(N)C1=O.CC(B(O)O)N1CCC([NH3+])C1=O.CCCC[C@@]1(N)CCN([C@@H](C)B(O)O)C1=O.CC[C@H](B(O)O)N1CC[C@](N)(CC)C1=O.C[C@@H](B(O)O)N1CCC([NH3+])C1=O.C[C@@H](B(O)O)N1CC[C@@](C)(N)C1=O.C[C@@H](B(O)O)N1CC[C@](C)(N)C1=O.C[C@@H](B(O)O)N1CC[C@](N)(CC(=O)O)C1=O.C[C@H](B(O)O)N1CCC(N)C1=O.C[C@H](C#N)N1CCC(N)C1=O. The van der Waals surface area contributed by atoms with E-state index in [4.69, 9.17) is 157 Å². The van der Waals surface area contributed by atoms with E-state index in [1.54, 1.807) is 83.1 Å². The molecule has 67 heteroatoms. The summed E-state index contributed by atoms with van der Waals surface area (Å²) in [5.74, 6) is -9.55. The summed E-state index contributed by atoms with van der Waals surface area (Å²) in [4.78, 5) is 164. The first-order valence-corrected chi connectivity index (χ1v) is 49.7. The summed E-state index contributed by atoms with van der Waals surface area (Å²) in [6.07, 6.45) is 9.50. The fraction of sp³-hybridized carbons (Fsp3) is 0.827. The van der Waals surface area contributed by atoms with Gasteiger partial charge in [-0.15, -0.1) is 0 Å². The molecule has 0 radical (unpaired) electrons. The lowest BCUT2D eigenvalue weighted by Gasteiger charge is -2.28. The minimum Gasteiger partial charge on any atom is -0.481 e. The van der Waals surface area contributed by atoms with E-state index >= 15 is 0 Å². The van der Waals surface area contributed by atoms with Gasteiger partial charge in [-0.2, -0.15) is 5.26 Å². The summed E-state index contributed by atoms with van der Waals surface area (Å²) in [6, 6.07) is -0.137. The van der Waals surface area contributed by atoms with Crippen LogP contribution in [0, 0.1) is 11.3 Å². The molecule has 44 N–H and O–H groups in total. The van der Waals surface area contributed by atoms with Crippen LogP contribution in [0.3, 0.4) is 0 Å². The topological polar surface area (TPSA) is 982 Å². The van der Waals surface area contributed by atoms with Gasteiger partial charge in [-0.1, -0.05) is 33.6 Å². The minimum atomic E-state index is -1.66. The molecule has 8 unspecified atom stereocenters. The number of aliphatic carboxylic acids is 1. The number of carboxylic acids is 1. The molecule has 11 fully saturated rings. The molecule has 838 valence electrons. The number of nitrogens with zero attached hydrogens (tertiary/aromatic N) is 12. The highest BCUT2D eigenvalue weighted by molar-refractivity contribution is 6.47. The third kappa shape index (κ3) is 38.9. The Bertz CT molecular complexity index is 4120. The van der Waals surface area contributed by atoms with Crippen molar-refractivity contribution < 1.29 is 179 Å². The van der Waals surface area contributed by atoms with E-state index in [1.165, 1.54) is 67.7 Å². The van der Waals surface area contributed by atoms with Crippen LogP contribution < -0.4 is 62.7 Å². The normalized spacial score (nSPS) is 27.5. The van der Waals surface area contributed by atoms with Gasteiger partial charge in [0.2, 0.25) is 59.1 Å². The number of hydrogen-bond donors (Lipinski definition) is 32. The number of carbonyl (C=O) groups is 13. The molecule has 0 aromatic rings. The molecule has 11 rings (SSSR count). The smallest absolute Gasteiger partial charge is 0.475 e. The van der Waals surface area contributed by atoms with Gasteiger partial charge in [0.15, 0.2) is 12.1 Å². The zero-order chi connectivity index (χ0) is 115. The van der Waals surface area contributed by atoms with E-state index in [1.807, 2.05) is 19.9 Å². The minimum absolute atomic E-state index is 0.0874. The molecular formula is C81H167B10N23O34+2. The van der Waals surface area contributed by atoms with Crippen molar-refractivity contribution in [3.05, 3.63) is 0 Å². The number of amides is 12. The summed E-state index contributed by atoms with van der Waals surface area (Å²) in [7, 11) is -15.1. The molecule has 0 saturated carbocycles. The second kappa shape index (κ2) is 61.2. The van der Waals surface area contributed by atoms with Crippen molar-refractivity contribution in [3.8, 4) is 6.07 Å². The number of carboxylic acid groups (broad SMARTS) is 1. The standard InChI is InChI=1S/C10H21BN2O3.C9H19BN2O3.C8H15BN2O5.C8H15BN2O4.3C7H15BN2O3.C7H11N3O.3C6H13BN2O3/c1-3-4-5-10(12)6-7-13(9(10)14)8(2)11(15)16;1-3-7(10(14)15)12-6-5-9(11,4-2)8(12)13;1-5(9(15)16)11-3-2-8(10,7(11)14)4-6(12)13;1-5(9(14)15)11-4-3-7(8(11)13)10-6(2)12;3*1-5(8(12)13)10-4-3-7(2,9)6(10)11;1-5(4-8)10-3-2-6(9)7(10)11;3*1-4(7(11)12)9-3-2-5(8)6(9)10/h8,15-16H,3-7,12H2,1-2H3;7,14-15H,3-6,11H2,1-2H3;5,15-16H,2-4,10H2,1H3,(H,12,13);5,7,14-15H,3-4H2,1-2H3,(H,10,12);3*5,12-13H,3-4,9H2,1-2H3;5-6H,2-3,9H2,1H3;3*4-5,11-12H,2-3,8H2,1H3/p+2/t8-,10+;7-,9-;5-,8-;5-,7?;5-,7+;5-,7-;;5-,6?;2*4-,5?;/m010000.110./s1. The van der Waals surface area contributed by atoms with Crippen LogP contribution >= 0.6 is 0 Å². The van der Waals surface area contributed by atoms with E-state index in [0.29, 0.717) is 149 Å². The number of quaternary nitrogens is 2. The fourth-order valence-corrected chi connectivity index (χ4v) is 17.0. The van der Waals surface area contributed by atoms with Crippen LogP contribution in [0.4, 0.5) is 0 Å². The first kappa shape index (κ1) is 138. The predicted octanol–water partition coefficient (Wildman–Crippen LogP) is -18.6. The number of carbonyl (C=O) groups excluding carboxylic acids is 12. The fourth-order valence-electron chi connectivity index (χ4n) is 17.0. The molecule has 0 spiro atoms. The number of rotatable bonds is 29. The van der Waals surface area contributed by atoms with Crippen LogP contribution in [-0.4, -0.2) is 508 Å². The number of nitrogens with one attached hydrogen (secondary N) is 1. The quantitative estimate of drug-likeness (QED) is 0.0309. The largest absolute Gasteiger partial charge is 0.481 e. The third-order valence-corrected chi connectivity index (χ3v) is 28.4. The Hall–Kier alpha value is -7.95. The second-order valence-electron chi connectivity index (χ2n) is 40.3. The van der Waals surface area contributed by atoms with Crippen molar-refractivity contribution in [2.45, 2.75) is 356 Å². The Kier molecular flexibility index (Phi) is 57.1.